The van der Waals surface area contributed by atoms with Gasteiger partial charge in [0.1, 0.15) is 0 Å². The van der Waals surface area contributed by atoms with Crippen molar-refractivity contribution in [2.75, 3.05) is 0 Å². The van der Waals surface area contributed by atoms with E-state index in [1.165, 1.54) is 4.57 Å². The van der Waals surface area contributed by atoms with Crippen molar-refractivity contribution in [1.29, 1.82) is 0 Å². The first-order chi connectivity index (χ1) is 9.05. The molecule has 0 radical (unpaired) electrons. The fourth-order valence-corrected chi connectivity index (χ4v) is 2.50. The lowest BCUT2D eigenvalue weighted by molar-refractivity contribution is 0.321. The van der Waals surface area contributed by atoms with Gasteiger partial charge in [-0.25, -0.2) is 4.79 Å². The molecular formula is C16H22N2O2. The molecule has 1 aromatic heterocycles. The van der Waals surface area contributed by atoms with Gasteiger partial charge in [-0.2, -0.15) is 0 Å². The van der Waals surface area contributed by atoms with Crippen LogP contribution >= 0.6 is 0 Å². The quantitative estimate of drug-likeness (QED) is 0.741. The van der Waals surface area contributed by atoms with Gasteiger partial charge in [0.15, 0.2) is 0 Å². The normalized spacial score (nSPS) is 12.9. The molecule has 0 atom stereocenters. The minimum atomic E-state index is -0.550. The number of hydrogen-bond acceptors (Lipinski definition) is 2. The molecule has 0 fully saturated rings. The number of benzene rings is 1. The van der Waals surface area contributed by atoms with Crippen molar-refractivity contribution in [2.45, 2.75) is 52.6 Å². The Morgan fingerprint density at radius 3 is 1.80 bits per heavy atom. The molecule has 2 rings (SSSR count). The predicted octanol–water partition coefficient (Wildman–Crippen LogP) is 2.67. The fraction of sp³-hybridized carbons (Fsp3) is 0.500. The molecule has 0 spiro atoms. The Labute approximate surface area is 118 Å². The van der Waals surface area contributed by atoms with Crippen LogP contribution < -0.4 is 11.2 Å². The van der Waals surface area contributed by atoms with E-state index < -0.39 is 11.1 Å². The van der Waals surface area contributed by atoms with Crippen molar-refractivity contribution in [3.05, 3.63) is 45.1 Å². The Hall–Kier alpha value is -1.84. The lowest BCUT2D eigenvalue weighted by atomic mass is 10.1. The summed E-state index contributed by atoms with van der Waals surface area (Å²) in [5.41, 5.74) is -0.731. The predicted molar refractivity (Wildman–Crippen MR) is 82.5 cm³/mol. The van der Waals surface area contributed by atoms with Gasteiger partial charge in [-0.15, -0.1) is 0 Å². The summed E-state index contributed by atoms with van der Waals surface area (Å²) in [5.74, 6) is 0. The van der Waals surface area contributed by atoms with Crippen LogP contribution in [0.4, 0.5) is 0 Å². The molecule has 4 heteroatoms. The molecule has 1 aromatic carbocycles. The molecule has 0 aliphatic heterocycles. The standard InChI is InChI=1S/C16H22N2O2/c1-15(2,3)17-12-10-8-7-9-11(12)13(19)18(14(17)20)16(4,5)6/h7-10H,1-6H3. The largest absolute Gasteiger partial charge is 0.332 e. The van der Waals surface area contributed by atoms with E-state index in [4.69, 9.17) is 0 Å². The zero-order valence-electron chi connectivity index (χ0n) is 13.0. The molecule has 20 heavy (non-hydrogen) atoms. The summed E-state index contributed by atoms with van der Waals surface area (Å²) < 4.78 is 3.05. The first-order valence-electron chi connectivity index (χ1n) is 6.83. The van der Waals surface area contributed by atoms with Crippen LogP contribution in [0.15, 0.2) is 33.9 Å². The molecule has 2 aromatic rings. The number of rotatable bonds is 0. The second-order valence-electron chi connectivity index (χ2n) is 7.12. The van der Waals surface area contributed by atoms with Crippen molar-refractivity contribution < 1.29 is 0 Å². The fourth-order valence-electron chi connectivity index (χ4n) is 2.50. The van der Waals surface area contributed by atoms with E-state index >= 15 is 0 Å². The third-order valence-corrected chi connectivity index (χ3v) is 3.30. The lowest BCUT2D eigenvalue weighted by Crippen LogP contribution is -2.50. The second kappa shape index (κ2) is 4.33. The Kier molecular flexibility index (Phi) is 3.16. The number of aromatic nitrogens is 2. The highest BCUT2D eigenvalue weighted by Gasteiger charge is 2.26. The molecule has 0 aliphatic carbocycles. The van der Waals surface area contributed by atoms with Crippen molar-refractivity contribution in [2.24, 2.45) is 0 Å². The van der Waals surface area contributed by atoms with Gasteiger partial charge in [0.25, 0.3) is 5.56 Å². The van der Waals surface area contributed by atoms with E-state index in [-0.39, 0.29) is 11.2 Å². The molecule has 4 nitrogen and oxygen atoms in total. The van der Waals surface area contributed by atoms with Crippen molar-refractivity contribution in [1.82, 2.24) is 9.13 Å². The summed E-state index contributed by atoms with van der Waals surface area (Å²) in [7, 11) is 0. The van der Waals surface area contributed by atoms with E-state index in [9.17, 15) is 9.59 Å². The topological polar surface area (TPSA) is 44.0 Å². The van der Waals surface area contributed by atoms with Gasteiger partial charge in [0.2, 0.25) is 0 Å². The smallest absolute Gasteiger partial charge is 0.288 e. The van der Waals surface area contributed by atoms with E-state index in [1.807, 2.05) is 59.7 Å². The summed E-state index contributed by atoms with van der Waals surface area (Å²) in [4.78, 5) is 25.4. The lowest BCUT2D eigenvalue weighted by Gasteiger charge is -2.29. The van der Waals surface area contributed by atoms with Crippen LogP contribution in [-0.4, -0.2) is 9.13 Å². The SMILES string of the molecule is CC(C)(C)n1c(=O)c2ccccc2n(C(C)(C)C)c1=O. The molecule has 0 N–H and O–H groups in total. The van der Waals surface area contributed by atoms with Crippen LogP contribution in [0.5, 0.6) is 0 Å². The highest BCUT2D eigenvalue weighted by atomic mass is 16.2. The number of hydrogen-bond donors (Lipinski definition) is 0. The number of para-hydroxylation sites is 1. The van der Waals surface area contributed by atoms with E-state index in [1.54, 1.807) is 10.6 Å². The monoisotopic (exact) mass is 274 g/mol. The van der Waals surface area contributed by atoms with Crippen LogP contribution in [0, 0.1) is 0 Å². The Balaban J connectivity index is 3.14. The third kappa shape index (κ3) is 2.19. The van der Waals surface area contributed by atoms with Crippen LogP contribution in [0.1, 0.15) is 41.5 Å². The van der Waals surface area contributed by atoms with Gasteiger partial charge in [-0.1, -0.05) is 12.1 Å². The molecule has 0 saturated carbocycles. The van der Waals surface area contributed by atoms with E-state index in [0.717, 1.165) is 0 Å². The molecular weight excluding hydrogens is 252 g/mol. The molecule has 0 aliphatic rings. The van der Waals surface area contributed by atoms with Gasteiger partial charge in [0, 0.05) is 11.1 Å². The number of fused-ring (bicyclic) bond motifs is 1. The first-order valence-corrected chi connectivity index (χ1v) is 6.83. The summed E-state index contributed by atoms with van der Waals surface area (Å²) in [5, 5.41) is 0.581. The Morgan fingerprint density at radius 2 is 1.30 bits per heavy atom. The summed E-state index contributed by atoms with van der Waals surface area (Å²) in [6.07, 6.45) is 0. The third-order valence-electron chi connectivity index (χ3n) is 3.30. The molecule has 108 valence electrons. The summed E-state index contributed by atoms with van der Waals surface area (Å²) in [6.45, 7) is 11.5. The van der Waals surface area contributed by atoms with Crippen molar-refractivity contribution in [3.63, 3.8) is 0 Å². The first kappa shape index (κ1) is 14.6. The maximum Gasteiger partial charge on any atom is 0.332 e. The Morgan fingerprint density at radius 1 is 0.800 bits per heavy atom. The average molecular weight is 274 g/mol. The summed E-state index contributed by atoms with van der Waals surface area (Å²) in [6, 6.07) is 7.29. The minimum Gasteiger partial charge on any atom is -0.288 e. The molecule has 0 bridgehead atoms. The molecule has 0 saturated heterocycles. The van der Waals surface area contributed by atoms with E-state index in [2.05, 4.69) is 0 Å². The highest BCUT2D eigenvalue weighted by Crippen LogP contribution is 2.19. The van der Waals surface area contributed by atoms with Crippen molar-refractivity contribution >= 4 is 10.9 Å². The van der Waals surface area contributed by atoms with Gasteiger partial charge in [0.05, 0.1) is 10.9 Å². The van der Waals surface area contributed by atoms with Crippen molar-refractivity contribution in [3.8, 4) is 0 Å². The van der Waals surface area contributed by atoms with Gasteiger partial charge in [-0.05, 0) is 53.7 Å². The van der Waals surface area contributed by atoms with Crippen LogP contribution in [0.3, 0.4) is 0 Å². The second-order valence-corrected chi connectivity index (χ2v) is 7.12. The zero-order chi connectivity index (χ0) is 15.3. The van der Waals surface area contributed by atoms with Gasteiger partial charge < -0.3 is 0 Å². The van der Waals surface area contributed by atoms with Crippen LogP contribution in [0.25, 0.3) is 10.9 Å². The average Bonchev–Trinajstić information content (AvgIpc) is 2.25. The van der Waals surface area contributed by atoms with Gasteiger partial charge >= 0.3 is 5.69 Å². The maximum absolute atomic E-state index is 12.8. The number of nitrogens with zero attached hydrogens (tertiary/aromatic N) is 2. The van der Waals surface area contributed by atoms with Crippen LogP contribution in [0.2, 0.25) is 0 Å². The molecule has 0 amide bonds. The zero-order valence-corrected chi connectivity index (χ0v) is 13.0. The highest BCUT2D eigenvalue weighted by molar-refractivity contribution is 5.78. The van der Waals surface area contributed by atoms with E-state index in [0.29, 0.717) is 10.9 Å². The molecule has 1 heterocycles. The molecule has 0 unspecified atom stereocenters. The van der Waals surface area contributed by atoms with Crippen LogP contribution in [-0.2, 0) is 11.1 Å². The minimum absolute atomic E-state index is 0.224. The Bertz CT molecular complexity index is 768. The van der Waals surface area contributed by atoms with Gasteiger partial charge in [-0.3, -0.25) is 13.9 Å². The maximum atomic E-state index is 12.8. The summed E-state index contributed by atoms with van der Waals surface area (Å²) >= 11 is 0.